The Labute approximate surface area is 206 Å². The summed E-state index contributed by atoms with van der Waals surface area (Å²) in [7, 11) is 0. The van der Waals surface area contributed by atoms with Gasteiger partial charge in [-0.15, -0.1) is 0 Å². The molecule has 0 atom stereocenters. The summed E-state index contributed by atoms with van der Waals surface area (Å²) in [5.41, 5.74) is 7.50. The van der Waals surface area contributed by atoms with Gasteiger partial charge in [0.2, 0.25) is 0 Å². The van der Waals surface area contributed by atoms with Crippen molar-refractivity contribution in [1.82, 2.24) is 8.97 Å². The molecule has 0 fully saturated rings. The zero-order valence-electron chi connectivity index (χ0n) is 19.4. The number of hydrogen-bond acceptors (Lipinski definition) is 0. The minimum atomic E-state index is 1.19. The summed E-state index contributed by atoms with van der Waals surface area (Å²) in [5, 5.41) is 10.4. The van der Waals surface area contributed by atoms with Crippen LogP contribution in [0.4, 0.5) is 0 Å². The first-order chi connectivity index (χ1) is 17.9. The second kappa shape index (κ2) is 6.44. The van der Waals surface area contributed by atoms with Gasteiger partial charge in [-0.2, -0.15) is 0 Å². The Balaban J connectivity index is 1.49. The standard InChI is InChI=1S/C34H20N2/c1-4-13-29-23(9-1)24-10-2-5-14-30(24)35(29)22-17-19-32-28(20-22)27-18-16-21-8-7-12-26-25-11-3-6-15-31(25)36(32)34(27)33(21)26/h1-20H. The Morgan fingerprint density at radius 2 is 1.00 bits per heavy atom. The summed E-state index contributed by atoms with van der Waals surface area (Å²) in [6.45, 7) is 0. The zero-order chi connectivity index (χ0) is 23.4. The number of pyridine rings is 1. The van der Waals surface area contributed by atoms with Crippen molar-refractivity contribution in [2.45, 2.75) is 0 Å². The lowest BCUT2D eigenvalue weighted by atomic mass is 9.99. The number of fused-ring (bicyclic) bond motifs is 9. The topological polar surface area (TPSA) is 9.34 Å². The molecule has 3 heterocycles. The molecule has 3 aromatic heterocycles. The first-order valence-corrected chi connectivity index (χ1v) is 12.5. The van der Waals surface area contributed by atoms with E-state index in [1.54, 1.807) is 0 Å². The molecular formula is C34H20N2. The van der Waals surface area contributed by atoms with Gasteiger partial charge in [0, 0.05) is 38.0 Å². The Bertz CT molecular complexity index is 2240. The van der Waals surface area contributed by atoms with E-state index in [2.05, 4.69) is 130 Å². The maximum Gasteiger partial charge on any atom is 0.0626 e. The highest BCUT2D eigenvalue weighted by Crippen LogP contribution is 2.42. The van der Waals surface area contributed by atoms with Crippen LogP contribution in [0.3, 0.4) is 0 Å². The van der Waals surface area contributed by atoms with Gasteiger partial charge in [-0.05, 0) is 47.2 Å². The van der Waals surface area contributed by atoms with Crippen molar-refractivity contribution in [2.75, 3.05) is 0 Å². The van der Waals surface area contributed by atoms with Crippen molar-refractivity contribution < 1.29 is 0 Å². The molecule has 2 nitrogen and oxygen atoms in total. The Morgan fingerprint density at radius 3 is 1.75 bits per heavy atom. The highest BCUT2D eigenvalue weighted by atomic mass is 15.0. The van der Waals surface area contributed by atoms with Crippen molar-refractivity contribution >= 4 is 70.7 Å². The summed E-state index contributed by atoms with van der Waals surface area (Å²) in [6, 6.07) is 44.5. The van der Waals surface area contributed by atoms with Crippen molar-refractivity contribution in [3.8, 4) is 5.69 Å². The van der Waals surface area contributed by atoms with E-state index >= 15 is 0 Å². The highest BCUT2D eigenvalue weighted by molar-refractivity contribution is 6.28. The Kier molecular flexibility index (Phi) is 3.31. The van der Waals surface area contributed by atoms with Crippen LogP contribution in [0.25, 0.3) is 76.4 Å². The molecule has 0 spiro atoms. The van der Waals surface area contributed by atoms with E-state index in [0.717, 1.165) is 0 Å². The molecule has 0 bridgehead atoms. The summed E-state index contributed by atoms with van der Waals surface area (Å²) in [6.07, 6.45) is 0. The number of rotatable bonds is 1. The smallest absolute Gasteiger partial charge is 0.0626 e. The third-order valence-corrected chi connectivity index (χ3v) is 8.03. The molecular weight excluding hydrogens is 436 g/mol. The fraction of sp³-hybridized carbons (Fsp3) is 0. The average Bonchev–Trinajstić information content (AvgIpc) is 3.46. The molecule has 0 saturated heterocycles. The molecule has 0 unspecified atom stereocenters. The number of para-hydroxylation sites is 3. The molecule has 6 aromatic carbocycles. The fourth-order valence-corrected chi connectivity index (χ4v) is 6.58. The minimum absolute atomic E-state index is 1.19. The predicted octanol–water partition coefficient (Wildman–Crippen LogP) is 9.09. The van der Waals surface area contributed by atoms with Crippen molar-refractivity contribution in [3.05, 3.63) is 121 Å². The fourth-order valence-electron chi connectivity index (χ4n) is 6.58. The Hall–Kier alpha value is -4.82. The molecule has 0 aliphatic rings. The second-order valence-corrected chi connectivity index (χ2v) is 9.79. The van der Waals surface area contributed by atoms with Crippen LogP contribution in [0.2, 0.25) is 0 Å². The predicted molar refractivity (Wildman–Crippen MR) is 153 cm³/mol. The van der Waals surface area contributed by atoms with E-state index in [1.807, 2.05) is 0 Å². The third-order valence-electron chi connectivity index (χ3n) is 8.03. The molecule has 2 heteroatoms. The number of nitrogens with zero attached hydrogens (tertiary/aromatic N) is 2. The van der Waals surface area contributed by atoms with Crippen molar-refractivity contribution in [2.24, 2.45) is 0 Å². The third kappa shape index (κ3) is 2.14. The zero-order valence-corrected chi connectivity index (χ0v) is 19.4. The molecule has 0 N–H and O–H groups in total. The van der Waals surface area contributed by atoms with E-state index in [9.17, 15) is 0 Å². The molecule has 0 saturated carbocycles. The number of hydrogen-bond donors (Lipinski definition) is 0. The normalized spacial score (nSPS) is 12.4. The van der Waals surface area contributed by atoms with Crippen molar-refractivity contribution in [1.29, 1.82) is 0 Å². The van der Waals surface area contributed by atoms with Gasteiger partial charge in [-0.1, -0.05) is 84.9 Å². The summed E-state index contributed by atoms with van der Waals surface area (Å²) >= 11 is 0. The summed E-state index contributed by atoms with van der Waals surface area (Å²) in [4.78, 5) is 0. The van der Waals surface area contributed by atoms with Crippen LogP contribution in [0.1, 0.15) is 0 Å². The Morgan fingerprint density at radius 1 is 0.389 bits per heavy atom. The van der Waals surface area contributed by atoms with Crippen LogP contribution in [-0.4, -0.2) is 8.97 Å². The van der Waals surface area contributed by atoms with Crippen LogP contribution < -0.4 is 0 Å². The lowest BCUT2D eigenvalue weighted by Crippen LogP contribution is -1.94. The summed E-state index contributed by atoms with van der Waals surface area (Å²) < 4.78 is 4.89. The van der Waals surface area contributed by atoms with E-state index < -0.39 is 0 Å². The van der Waals surface area contributed by atoms with E-state index in [-0.39, 0.29) is 0 Å². The average molecular weight is 457 g/mol. The van der Waals surface area contributed by atoms with Gasteiger partial charge in [0.15, 0.2) is 0 Å². The molecule has 166 valence electrons. The van der Waals surface area contributed by atoms with Gasteiger partial charge >= 0.3 is 0 Å². The largest absolute Gasteiger partial charge is 0.309 e. The lowest BCUT2D eigenvalue weighted by Gasteiger charge is -2.12. The molecule has 9 aromatic rings. The van der Waals surface area contributed by atoms with Crippen LogP contribution in [-0.2, 0) is 0 Å². The highest BCUT2D eigenvalue weighted by Gasteiger charge is 2.19. The van der Waals surface area contributed by atoms with Gasteiger partial charge in [0.1, 0.15) is 0 Å². The first-order valence-electron chi connectivity index (χ1n) is 12.5. The quantitative estimate of drug-likeness (QED) is 0.172. The molecule has 9 rings (SSSR count). The second-order valence-electron chi connectivity index (χ2n) is 9.79. The first kappa shape index (κ1) is 18.5. The van der Waals surface area contributed by atoms with Gasteiger partial charge < -0.3 is 8.97 Å². The van der Waals surface area contributed by atoms with Crippen LogP contribution in [0.5, 0.6) is 0 Å². The van der Waals surface area contributed by atoms with E-state index in [4.69, 9.17) is 0 Å². The van der Waals surface area contributed by atoms with Gasteiger partial charge in [-0.25, -0.2) is 0 Å². The van der Waals surface area contributed by atoms with E-state index in [0.29, 0.717) is 0 Å². The maximum absolute atomic E-state index is 2.48. The van der Waals surface area contributed by atoms with E-state index in [1.165, 1.54) is 76.4 Å². The molecule has 36 heavy (non-hydrogen) atoms. The van der Waals surface area contributed by atoms with Crippen LogP contribution in [0, 0.1) is 0 Å². The molecule has 0 amide bonds. The van der Waals surface area contributed by atoms with Crippen LogP contribution in [0.15, 0.2) is 121 Å². The number of aromatic nitrogens is 2. The summed E-state index contributed by atoms with van der Waals surface area (Å²) in [5.74, 6) is 0. The lowest BCUT2D eigenvalue weighted by molar-refractivity contribution is 1.18. The number of benzene rings is 6. The monoisotopic (exact) mass is 456 g/mol. The molecule has 0 aliphatic heterocycles. The maximum atomic E-state index is 2.48. The van der Waals surface area contributed by atoms with Gasteiger partial charge in [-0.3, -0.25) is 0 Å². The van der Waals surface area contributed by atoms with Crippen LogP contribution >= 0.6 is 0 Å². The minimum Gasteiger partial charge on any atom is -0.309 e. The van der Waals surface area contributed by atoms with Gasteiger partial charge in [0.05, 0.1) is 27.6 Å². The molecule has 0 aliphatic carbocycles. The molecule has 0 radical (unpaired) electrons. The van der Waals surface area contributed by atoms with Gasteiger partial charge in [0.25, 0.3) is 0 Å². The van der Waals surface area contributed by atoms with Crippen molar-refractivity contribution in [3.63, 3.8) is 0 Å². The SMILES string of the molecule is c1cc2ccc3c4cc(-n5c6ccccc6c6ccccc65)ccc4n4c5ccccc5c(c1)c2c34.